The van der Waals surface area contributed by atoms with Crippen molar-refractivity contribution in [3.8, 4) is 0 Å². The maximum Gasteiger partial charge on any atom is 0.262 e. The fourth-order valence-corrected chi connectivity index (χ4v) is 2.43. The van der Waals surface area contributed by atoms with E-state index >= 15 is 0 Å². The minimum atomic E-state index is -0.0480. The Morgan fingerprint density at radius 2 is 2.00 bits per heavy atom. The lowest BCUT2D eigenvalue weighted by Gasteiger charge is -2.06. The molecule has 0 amide bonds. The van der Waals surface area contributed by atoms with Gasteiger partial charge in [-0.1, -0.05) is 23.9 Å². The molecule has 2 heterocycles. The van der Waals surface area contributed by atoms with Crippen LogP contribution in [0.4, 0.5) is 0 Å². The number of thioether (sulfide) groups is 1. The first-order valence-corrected chi connectivity index (χ1v) is 6.33. The van der Waals surface area contributed by atoms with E-state index in [2.05, 4.69) is 10.2 Å². The molecule has 5 nitrogen and oxygen atoms in total. The van der Waals surface area contributed by atoms with Crippen molar-refractivity contribution in [3.05, 3.63) is 34.6 Å². The average molecular weight is 246 g/mol. The highest BCUT2D eigenvalue weighted by Gasteiger charge is 2.13. The van der Waals surface area contributed by atoms with Crippen LogP contribution < -0.4 is 5.56 Å². The molecular formula is C11H10N4OS. The molecule has 17 heavy (non-hydrogen) atoms. The maximum absolute atomic E-state index is 12.1. The third kappa shape index (κ3) is 1.30. The highest BCUT2D eigenvalue weighted by molar-refractivity contribution is 7.98. The molecule has 3 rings (SSSR count). The fourth-order valence-electron chi connectivity index (χ4n) is 1.94. The van der Waals surface area contributed by atoms with Crippen LogP contribution in [0.25, 0.3) is 16.7 Å². The van der Waals surface area contributed by atoms with Crippen LogP contribution in [0.5, 0.6) is 0 Å². The summed E-state index contributed by atoms with van der Waals surface area (Å²) in [6.07, 6.45) is 1.94. The molecule has 86 valence electrons. The summed E-state index contributed by atoms with van der Waals surface area (Å²) in [5, 5.41) is 9.60. The van der Waals surface area contributed by atoms with Crippen molar-refractivity contribution < 1.29 is 0 Å². The molecule has 0 fully saturated rings. The van der Waals surface area contributed by atoms with Crippen LogP contribution in [0.3, 0.4) is 0 Å². The minimum absolute atomic E-state index is 0.0480. The number of nitrogens with zero attached hydrogens (tertiary/aromatic N) is 4. The number of para-hydroxylation sites is 1. The van der Waals surface area contributed by atoms with Gasteiger partial charge in [0.1, 0.15) is 0 Å². The SMILES string of the molecule is CSc1nnc2n(C)c(=O)c3ccccc3n12. The number of rotatable bonds is 1. The first kappa shape index (κ1) is 10.3. The molecule has 0 saturated heterocycles. The molecule has 2 aromatic heterocycles. The predicted molar refractivity (Wildman–Crippen MR) is 67.5 cm³/mol. The van der Waals surface area contributed by atoms with Crippen LogP contribution in [0.15, 0.2) is 34.2 Å². The van der Waals surface area contributed by atoms with Crippen LogP contribution in [-0.4, -0.2) is 25.4 Å². The molecule has 0 radical (unpaired) electrons. The lowest BCUT2D eigenvalue weighted by atomic mass is 10.2. The van der Waals surface area contributed by atoms with Crippen LogP contribution >= 0.6 is 11.8 Å². The molecule has 6 heteroatoms. The van der Waals surface area contributed by atoms with Gasteiger partial charge in [-0.2, -0.15) is 0 Å². The van der Waals surface area contributed by atoms with E-state index in [1.54, 1.807) is 7.05 Å². The van der Waals surface area contributed by atoms with E-state index in [1.165, 1.54) is 16.3 Å². The summed E-state index contributed by atoms with van der Waals surface area (Å²) in [5.41, 5.74) is 0.799. The van der Waals surface area contributed by atoms with Gasteiger partial charge in [0.05, 0.1) is 10.9 Å². The van der Waals surface area contributed by atoms with Gasteiger partial charge in [-0.3, -0.25) is 13.8 Å². The second-order valence-corrected chi connectivity index (χ2v) is 4.48. The summed E-state index contributed by atoms with van der Waals surface area (Å²) >= 11 is 1.51. The van der Waals surface area contributed by atoms with Crippen molar-refractivity contribution in [2.45, 2.75) is 5.16 Å². The molecule has 1 aromatic carbocycles. The third-order valence-corrected chi connectivity index (χ3v) is 3.41. The summed E-state index contributed by atoms with van der Waals surface area (Å²) < 4.78 is 3.43. The zero-order valence-corrected chi connectivity index (χ0v) is 10.2. The molecule has 0 aliphatic carbocycles. The van der Waals surface area contributed by atoms with Gasteiger partial charge in [0, 0.05) is 7.05 Å². The predicted octanol–water partition coefficient (Wildman–Crippen LogP) is 1.30. The fraction of sp³-hybridized carbons (Fsp3) is 0.182. The molecule has 0 spiro atoms. The lowest BCUT2D eigenvalue weighted by Crippen LogP contribution is -2.20. The zero-order valence-electron chi connectivity index (χ0n) is 9.41. The average Bonchev–Trinajstić information content (AvgIpc) is 2.80. The second kappa shape index (κ2) is 3.59. The Morgan fingerprint density at radius 3 is 2.76 bits per heavy atom. The number of hydrogen-bond acceptors (Lipinski definition) is 4. The molecular weight excluding hydrogens is 236 g/mol. The van der Waals surface area contributed by atoms with E-state index in [1.807, 2.05) is 34.9 Å². The number of fused-ring (bicyclic) bond motifs is 3. The van der Waals surface area contributed by atoms with Gasteiger partial charge in [-0.15, -0.1) is 10.2 Å². The van der Waals surface area contributed by atoms with Crippen LogP contribution in [0.2, 0.25) is 0 Å². The van der Waals surface area contributed by atoms with Gasteiger partial charge in [0.25, 0.3) is 5.56 Å². The molecule has 0 aliphatic heterocycles. The van der Waals surface area contributed by atoms with Gasteiger partial charge in [-0.25, -0.2) is 0 Å². The van der Waals surface area contributed by atoms with Crippen LogP contribution in [0, 0.1) is 0 Å². The standard InChI is InChI=1S/C11H10N4OS/c1-14-9(16)7-5-3-4-6-8(7)15-10(14)12-13-11(15)17-2/h3-6H,1-2H3. The Bertz CT molecular complexity index is 774. The molecule has 0 unspecified atom stereocenters. The summed E-state index contributed by atoms with van der Waals surface area (Å²) in [4.78, 5) is 12.1. The first-order valence-electron chi connectivity index (χ1n) is 5.11. The highest BCUT2D eigenvalue weighted by Crippen LogP contribution is 2.18. The number of benzene rings is 1. The van der Waals surface area contributed by atoms with Crippen molar-refractivity contribution in [2.24, 2.45) is 7.05 Å². The number of aryl methyl sites for hydroxylation is 1. The van der Waals surface area contributed by atoms with Crippen molar-refractivity contribution in [2.75, 3.05) is 6.26 Å². The Hall–Kier alpha value is -1.82. The minimum Gasteiger partial charge on any atom is -0.279 e. The lowest BCUT2D eigenvalue weighted by molar-refractivity contribution is 0.854. The van der Waals surface area contributed by atoms with Crippen LogP contribution in [0.1, 0.15) is 0 Å². The largest absolute Gasteiger partial charge is 0.279 e. The summed E-state index contributed by atoms with van der Waals surface area (Å²) in [6, 6.07) is 7.50. The highest BCUT2D eigenvalue weighted by atomic mass is 32.2. The van der Waals surface area contributed by atoms with Gasteiger partial charge in [0.15, 0.2) is 5.16 Å². The van der Waals surface area contributed by atoms with E-state index in [-0.39, 0.29) is 5.56 Å². The van der Waals surface area contributed by atoms with Crippen molar-refractivity contribution >= 4 is 28.4 Å². The summed E-state index contributed by atoms with van der Waals surface area (Å²) in [7, 11) is 1.71. The van der Waals surface area contributed by atoms with E-state index in [4.69, 9.17) is 0 Å². The van der Waals surface area contributed by atoms with Crippen molar-refractivity contribution in [1.82, 2.24) is 19.2 Å². The summed E-state index contributed by atoms with van der Waals surface area (Å²) in [6.45, 7) is 0. The Balaban J connectivity index is 2.69. The molecule has 0 N–H and O–H groups in total. The zero-order chi connectivity index (χ0) is 12.0. The molecule has 3 aromatic rings. The van der Waals surface area contributed by atoms with E-state index < -0.39 is 0 Å². The van der Waals surface area contributed by atoms with Gasteiger partial charge in [-0.05, 0) is 18.4 Å². The quantitative estimate of drug-likeness (QED) is 0.607. The smallest absolute Gasteiger partial charge is 0.262 e. The van der Waals surface area contributed by atoms with Crippen LogP contribution in [-0.2, 0) is 7.05 Å². The van der Waals surface area contributed by atoms with E-state index in [0.717, 1.165) is 10.7 Å². The van der Waals surface area contributed by atoms with E-state index in [9.17, 15) is 4.79 Å². The Labute approximate surface area is 101 Å². The monoisotopic (exact) mass is 246 g/mol. The Morgan fingerprint density at radius 1 is 1.24 bits per heavy atom. The molecule has 0 saturated carbocycles. The second-order valence-electron chi connectivity index (χ2n) is 3.70. The van der Waals surface area contributed by atoms with Crippen molar-refractivity contribution in [3.63, 3.8) is 0 Å². The number of aromatic nitrogens is 4. The topological polar surface area (TPSA) is 52.2 Å². The molecule has 0 aliphatic rings. The third-order valence-electron chi connectivity index (χ3n) is 2.78. The number of hydrogen-bond donors (Lipinski definition) is 0. The van der Waals surface area contributed by atoms with Gasteiger partial charge < -0.3 is 0 Å². The summed E-state index contributed by atoms with van der Waals surface area (Å²) in [5.74, 6) is 0.568. The molecule has 0 bridgehead atoms. The Kier molecular flexibility index (Phi) is 2.19. The van der Waals surface area contributed by atoms with E-state index in [0.29, 0.717) is 11.2 Å². The maximum atomic E-state index is 12.1. The van der Waals surface area contributed by atoms with Gasteiger partial charge in [0.2, 0.25) is 5.78 Å². The van der Waals surface area contributed by atoms with Crippen molar-refractivity contribution in [1.29, 1.82) is 0 Å². The van der Waals surface area contributed by atoms with Gasteiger partial charge >= 0.3 is 0 Å². The molecule has 0 atom stereocenters. The normalized spacial score (nSPS) is 11.4. The first-order chi connectivity index (χ1) is 8.24.